The lowest BCUT2D eigenvalue weighted by Gasteiger charge is -2.01. The molecule has 1 N–H and O–H groups in total. The highest BCUT2D eigenvalue weighted by Gasteiger charge is 2.04. The molecule has 1 heterocycles. The van der Waals surface area contributed by atoms with E-state index in [1.54, 1.807) is 18.2 Å². The second-order valence-electron chi connectivity index (χ2n) is 3.17. The van der Waals surface area contributed by atoms with Gasteiger partial charge >= 0.3 is 0 Å². The molecule has 76 valence electrons. The minimum Gasteiger partial charge on any atom is -0.313 e. The van der Waals surface area contributed by atoms with Crippen molar-refractivity contribution in [3.05, 3.63) is 64.1 Å². The van der Waals surface area contributed by atoms with Crippen LogP contribution in [0.25, 0.3) is 0 Å². The van der Waals surface area contributed by atoms with Crippen LogP contribution < -0.4 is 5.56 Å². The van der Waals surface area contributed by atoms with E-state index >= 15 is 0 Å². The first-order valence-corrected chi connectivity index (χ1v) is 4.52. The molecule has 3 nitrogen and oxygen atoms in total. The molecule has 0 fully saturated rings. The van der Waals surface area contributed by atoms with Crippen LogP contribution in [0.5, 0.6) is 0 Å². The van der Waals surface area contributed by atoms with E-state index in [9.17, 15) is 9.18 Å². The van der Waals surface area contributed by atoms with Gasteiger partial charge in [0, 0.05) is 18.2 Å². The van der Waals surface area contributed by atoms with Gasteiger partial charge in [-0.05, 0) is 11.6 Å². The zero-order chi connectivity index (χ0) is 10.7. The van der Waals surface area contributed by atoms with Crippen molar-refractivity contribution in [2.45, 2.75) is 6.42 Å². The van der Waals surface area contributed by atoms with Gasteiger partial charge in [-0.15, -0.1) is 0 Å². The number of nitrogens with one attached hydrogen (secondary N) is 1. The lowest BCUT2D eigenvalue weighted by molar-refractivity contribution is 0.613. The highest BCUT2D eigenvalue weighted by molar-refractivity contribution is 5.23. The van der Waals surface area contributed by atoms with Crippen molar-refractivity contribution < 1.29 is 4.39 Å². The summed E-state index contributed by atoms with van der Waals surface area (Å²) in [6.07, 6.45) is 3.02. The number of H-pyrrole nitrogens is 1. The lowest BCUT2D eigenvalue weighted by atomic mass is 10.1. The number of aromatic amines is 1. The summed E-state index contributed by atoms with van der Waals surface area (Å²) in [6, 6.07) is 6.39. The highest BCUT2D eigenvalue weighted by Crippen LogP contribution is 2.09. The van der Waals surface area contributed by atoms with Gasteiger partial charge in [-0.25, -0.2) is 9.37 Å². The minimum absolute atomic E-state index is 0.228. The summed E-state index contributed by atoms with van der Waals surface area (Å²) in [5.41, 5.74) is 0.729. The maximum absolute atomic E-state index is 13.3. The second kappa shape index (κ2) is 4.04. The summed E-state index contributed by atoms with van der Waals surface area (Å²) in [7, 11) is 0. The SMILES string of the molecule is O=c1[nH]cncc1Cc1ccccc1F. The Balaban J connectivity index is 2.34. The van der Waals surface area contributed by atoms with Gasteiger partial charge in [0.05, 0.1) is 6.33 Å². The first kappa shape index (κ1) is 9.58. The fourth-order valence-electron chi connectivity index (χ4n) is 1.35. The Morgan fingerprint density at radius 1 is 1.27 bits per heavy atom. The smallest absolute Gasteiger partial charge is 0.254 e. The summed E-state index contributed by atoms with van der Waals surface area (Å²) < 4.78 is 13.3. The average Bonchev–Trinajstić information content (AvgIpc) is 2.24. The molecule has 1 aromatic carbocycles. The summed E-state index contributed by atoms with van der Waals surface area (Å²) in [5.74, 6) is -0.305. The van der Waals surface area contributed by atoms with Gasteiger partial charge in [0.15, 0.2) is 0 Å². The van der Waals surface area contributed by atoms with Gasteiger partial charge in [0.25, 0.3) is 5.56 Å². The molecular weight excluding hydrogens is 195 g/mol. The molecule has 1 aromatic heterocycles. The van der Waals surface area contributed by atoms with Crippen molar-refractivity contribution in [2.75, 3.05) is 0 Å². The second-order valence-corrected chi connectivity index (χ2v) is 3.17. The maximum Gasteiger partial charge on any atom is 0.254 e. The normalized spacial score (nSPS) is 10.2. The van der Waals surface area contributed by atoms with Gasteiger partial charge < -0.3 is 4.98 Å². The predicted octanol–water partition coefficient (Wildman–Crippen LogP) is 1.50. The quantitative estimate of drug-likeness (QED) is 0.805. The number of benzene rings is 1. The third kappa shape index (κ3) is 2.10. The zero-order valence-corrected chi connectivity index (χ0v) is 7.90. The van der Waals surface area contributed by atoms with Crippen LogP contribution in [0.1, 0.15) is 11.1 Å². The standard InChI is InChI=1S/C11H9FN2O/c12-10-4-2-1-3-8(10)5-9-6-13-7-14-11(9)15/h1-4,6-7H,5H2,(H,13,14,15). The van der Waals surface area contributed by atoms with E-state index in [1.807, 2.05) is 0 Å². The Kier molecular flexibility index (Phi) is 2.58. The molecule has 0 aliphatic rings. The summed E-state index contributed by atoms with van der Waals surface area (Å²) in [6.45, 7) is 0. The van der Waals surface area contributed by atoms with Gasteiger partial charge in [0.2, 0.25) is 0 Å². The largest absolute Gasteiger partial charge is 0.313 e. The van der Waals surface area contributed by atoms with Gasteiger partial charge in [0.1, 0.15) is 5.82 Å². The Morgan fingerprint density at radius 2 is 2.07 bits per heavy atom. The predicted molar refractivity (Wildman–Crippen MR) is 54.1 cm³/mol. The van der Waals surface area contributed by atoms with Crippen molar-refractivity contribution in [3.8, 4) is 0 Å². The first-order valence-electron chi connectivity index (χ1n) is 4.52. The number of aromatic nitrogens is 2. The average molecular weight is 204 g/mol. The van der Waals surface area contributed by atoms with Crippen molar-refractivity contribution in [3.63, 3.8) is 0 Å². The van der Waals surface area contributed by atoms with E-state index in [-0.39, 0.29) is 17.8 Å². The van der Waals surface area contributed by atoms with E-state index in [2.05, 4.69) is 9.97 Å². The Morgan fingerprint density at radius 3 is 2.80 bits per heavy atom. The number of hydrogen-bond donors (Lipinski definition) is 1. The van der Waals surface area contributed by atoms with Crippen LogP contribution in [0.4, 0.5) is 4.39 Å². The Bertz CT molecular complexity index is 522. The zero-order valence-electron chi connectivity index (χ0n) is 7.90. The van der Waals surface area contributed by atoms with E-state index < -0.39 is 0 Å². The van der Waals surface area contributed by atoms with E-state index in [0.29, 0.717) is 11.1 Å². The number of hydrogen-bond acceptors (Lipinski definition) is 2. The molecule has 0 atom stereocenters. The molecule has 0 saturated heterocycles. The van der Waals surface area contributed by atoms with Crippen LogP contribution in [0.3, 0.4) is 0 Å². The fraction of sp³-hybridized carbons (Fsp3) is 0.0909. The van der Waals surface area contributed by atoms with Gasteiger partial charge in [-0.1, -0.05) is 18.2 Å². The molecule has 0 spiro atoms. The molecule has 0 amide bonds. The van der Waals surface area contributed by atoms with Crippen LogP contribution >= 0.6 is 0 Å². The third-order valence-corrected chi connectivity index (χ3v) is 2.13. The monoisotopic (exact) mass is 204 g/mol. The molecule has 0 radical (unpaired) electrons. The Labute approximate surface area is 85.6 Å². The molecule has 0 unspecified atom stereocenters. The first-order chi connectivity index (χ1) is 7.27. The molecular formula is C11H9FN2O. The molecule has 15 heavy (non-hydrogen) atoms. The summed E-state index contributed by atoms with van der Waals surface area (Å²) in [4.78, 5) is 17.6. The minimum atomic E-state index is -0.305. The molecule has 4 heteroatoms. The van der Waals surface area contributed by atoms with Crippen molar-refractivity contribution >= 4 is 0 Å². The van der Waals surface area contributed by atoms with Crippen molar-refractivity contribution in [1.82, 2.24) is 9.97 Å². The molecule has 0 aliphatic carbocycles. The van der Waals surface area contributed by atoms with E-state index in [4.69, 9.17) is 0 Å². The molecule has 0 saturated carbocycles. The highest BCUT2D eigenvalue weighted by atomic mass is 19.1. The van der Waals surface area contributed by atoms with Crippen LogP contribution in [-0.4, -0.2) is 9.97 Å². The lowest BCUT2D eigenvalue weighted by Crippen LogP contribution is -2.13. The molecule has 0 aliphatic heterocycles. The van der Waals surface area contributed by atoms with Gasteiger partial charge in [-0.3, -0.25) is 4.79 Å². The fourth-order valence-corrected chi connectivity index (χ4v) is 1.35. The molecule has 2 aromatic rings. The Hall–Kier alpha value is -1.97. The van der Waals surface area contributed by atoms with E-state index in [1.165, 1.54) is 18.6 Å². The summed E-state index contributed by atoms with van der Waals surface area (Å²) >= 11 is 0. The summed E-state index contributed by atoms with van der Waals surface area (Å²) in [5, 5.41) is 0. The number of rotatable bonds is 2. The number of halogens is 1. The topological polar surface area (TPSA) is 45.8 Å². The van der Waals surface area contributed by atoms with Crippen LogP contribution in [0, 0.1) is 5.82 Å². The maximum atomic E-state index is 13.3. The van der Waals surface area contributed by atoms with Gasteiger partial charge in [-0.2, -0.15) is 0 Å². The van der Waals surface area contributed by atoms with Crippen molar-refractivity contribution in [1.29, 1.82) is 0 Å². The molecule has 0 bridgehead atoms. The van der Waals surface area contributed by atoms with Crippen LogP contribution in [-0.2, 0) is 6.42 Å². The van der Waals surface area contributed by atoms with Crippen LogP contribution in [0.2, 0.25) is 0 Å². The molecule has 2 rings (SSSR count). The number of nitrogens with zero attached hydrogens (tertiary/aromatic N) is 1. The van der Waals surface area contributed by atoms with E-state index in [0.717, 1.165) is 0 Å². The third-order valence-electron chi connectivity index (χ3n) is 2.13. The van der Waals surface area contributed by atoms with Crippen LogP contribution in [0.15, 0.2) is 41.6 Å². The van der Waals surface area contributed by atoms with Crippen molar-refractivity contribution in [2.24, 2.45) is 0 Å².